The number of ether oxygens (including phenoxy) is 4. The van der Waals surface area contributed by atoms with E-state index in [0.29, 0.717) is 11.1 Å². The Hall–Kier alpha value is -9.74. The van der Waals surface area contributed by atoms with Crippen molar-refractivity contribution < 1.29 is 75.7 Å². The molecular formula is C60H68F2N8O14. The lowest BCUT2D eigenvalue weighted by Gasteiger charge is -2.25. The van der Waals surface area contributed by atoms with Crippen molar-refractivity contribution in [1.82, 2.24) is 41.7 Å². The fraction of sp³-hybridized carbons (Fsp3) is 0.333. The van der Waals surface area contributed by atoms with E-state index in [1.165, 1.54) is 66.7 Å². The van der Waals surface area contributed by atoms with Crippen LogP contribution in [0.3, 0.4) is 0 Å². The third kappa shape index (κ3) is 23.8. The molecule has 24 heteroatoms. The van der Waals surface area contributed by atoms with Crippen LogP contribution in [0.15, 0.2) is 133 Å². The topological polar surface area (TPSA) is 286 Å². The van der Waals surface area contributed by atoms with Gasteiger partial charge in [-0.15, -0.1) is 0 Å². The van der Waals surface area contributed by atoms with E-state index in [0.717, 1.165) is 41.2 Å². The Balaban J connectivity index is 1.30. The molecule has 22 nitrogen and oxygen atoms in total. The van der Waals surface area contributed by atoms with Gasteiger partial charge in [0.2, 0.25) is 23.6 Å². The number of carbonyl (C=O) groups excluding carboxylic acids is 10. The van der Waals surface area contributed by atoms with Crippen molar-refractivity contribution in [2.75, 3.05) is 66.6 Å². The van der Waals surface area contributed by atoms with Crippen LogP contribution < -0.4 is 31.9 Å². The number of benzene rings is 5. The summed E-state index contributed by atoms with van der Waals surface area (Å²) in [7, 11) is 2.21. The monoisotopic (exact) mass is 1160 g/mol. The number of hydrogen-bond acceptors (Lipinski definition) is 14. The van der Waals surface area contributed by atoms with Crippen LogP contribution in [0, 0.1) is 11.6 Å². The number of carbonyl (C=O) groups is 10. The SMILES string of the molecule is COC(=O)[C@H](CCCNC(=O)OCc1ccccc1)NC(=O)CN(CC(=O)NCCc1ccc(F)cc1)C(=O)c1cccc(C(=O)N(CC(=O)NCCc2ccc(F)cc2)CC(=O)N[C@@H](CCCNC(=O)OCc2ccccc2)C(=O)OC)c1. The Morgan fingerprint density at radius 3 is 1.17 bits per heavy atom. The summed E-state index contributed by atoms with van der Waals surface area (Å²) < 4.78 is 47.4. The minimum absolute atomic E-state index is 0.0214. The molecule has 84 heavy (non-hydrogen) atoms. The third-order valence-electron chi connectivity index (χ3n) is 12.5. The molecule has 0 radical (unpaired) electrons. The highest BCUT2D eigenvalue weighted by Gasteiger charge is 2.29. The molecule has 0 fully saturated rings. The molecular weight excluding hydrogens is 1090 g/mol. The number of hydrogen-bond donors (Lipinski definition) is 6. The quantitative estimate of drug-likeness (QED) is 0.0199. The van der Waals surface area contributed by atoms with E-state index < -0.39 is 109 Å². The van der Waals surface area contributed by atoms with Crippen LogP contribution in [0.4, 0.5) is 18.4 Å². The van der Waals surface area contributed by atoms with E-state index in [9.17, 15) is 56.7 Å². The van der Waals surface area contributed by atoms with Crippen molar-refractivity contribution in [2.45, 2.75) is 63.8 Å². The van der Waals surface area contributed by atoms with Crippen LogP contribution in [0.2, 0.25) is 0 Å². The molecule has 2 atom stereocenters. The van der Waals surface area contributed by atoms with Gasteiger partial charge in [-0.25, -0.2) is 28.0 Å². The molecule has 5 rings (SSSR count). The summed E-state index contributed by atoms with van der Waals surface area (Å²) in [4.78, 5) is 136. The lowest BCUT2D eigenvalue weighted by atomic mass is 10.1. The Morgan fingerprint density at radius 1 is 0.429 bits per heavy atom. The van der Waals surface area contributed by atoms with Crippen molar-refractivity contribution >= 4 is 59.6 Å². The number of nitrogens with one attached hydrogen (secondary N) is 6. The summed E-state index contributed by atoms with van der Waals surface area (Å²) in [6, 6.07) is 31.6. The first-order chi connectivity index (χ1) is 40.5. The second-order valence-corrected chi connectivity index (χ2v) is 18.9. The smallest absolute Gasteiger partial charge is 0.407 e. The maximum Gasteiger partial charge on any atom is 0.407 e. The largest absolute Gasteiger partial charge is 0.467 e. The molecule has 0 saturated heterocycles. The maximum atomic E-state index is 14.5. The zero-order chi connectivity index (χ0) is 60.6. The Morgan fingerprint density at radius 2 is 0.798 bits per heavy atom. The number of esters is 2. The molecule has 8 amide bonds. The van der Waals surface area contributed by atoms with Crippen LogP contribution in [-0.2, 0) is 73.8 Å². The molecule has 446 valence electrons. The van der Waals surface area contributed by atoms with Gasteiger partial charge in [0.15, 0.2) is 0 Å². The van der Waals surface area contributed by atoms with Gasteiger partial charge >= 0.3 is 24.1 Å². The second kappa shape index (κ2) is 35.2. The first kappa shape index (κ1) is 65.1. The van der Waals surface area contributed by atoms with Crippen LogP contribution in [0.25, 0.3) is 0 Å². The first-order valence-corrected chi connectivity index (χ1v) is 26.8. The first-order valence-electron chi connectivity index (χ1n) is 26.8. The predicted molar refractivity (Wildman–Crippen MR) is 300 cm³/mol. The molecule has 0 aliphatic carbocycles. The summed E-state index contributed by atoms with van der Waals surface area (Å²) in [5, 5.41) is 15.5. The standard InChI is InChI=1S/C60H68F2N8O14/c1-81-57(77)49(18-10-30-65-59(79)83-39-43-12-5-3-6-13-43)67-53(73)37-69(35-51(71)63-32-28-41-20-24-47(61)25-21-41)55(75)45-16-9-17-46(34-45)56(76)70(36-52(72)64-33-29-42-22-26-48(62)27-23-42)38-54(74)68-50(58(78)82-2)19-11-31-66-60(80)84-40-44-14-7-4-8-15-44/h3-9,12-17,20-27,34,49-50H,10-11,18-19,28-33,35-40H2,1-2H3,(H,63,71)(H,64,72)(H,65,79)(H,66,80)(H,67,73)(H,68,74)/t49-,50-/m0/s1. The number of alkyl carbamates (subject to hydrolysis) is 2. The molecule has 5 aromatic rings. The molecule has 0 aromatic heterocycles. The molecule has 0 saturated carbocycles. The van der Waals surface area contributed by atoms with E-state index in [1.54, 1.807) is 48.5 Å². The zero-order valence-corrected chi connectivity index (χ0v) is 46.5. The van der Waals surface area contributed by atoms with Gasteiger partial charge in [0.25, 0.3) is 11.8 Å². The molecule has 0 aliphatic heterocycles. The maximum absolute atomic E-state index is 14.5. The summed E-state index contributed by atoms with van der Waals surface area (Å²) in [6.07, 6.45) is -0.611. The molecule has 0 bridgehead atoms. The molecule has 6 N–H and O–H groups in total. The average Bonchev–Trinajstić information content (AvgIpc) is 3.67. The van der Waals surface area contributed by atoms with Crippen LogP contribution in [-0.4, -0.2) is 148 Å². The van der Waals surface area contributed by atoms with Gasteiger partial charge in [-0.05, 0) is 103 Å². The van der Waals surface area contributed by atoms with Crippen molar-refractivity contribution in [1.29, 1.82) is 0 Å². The van der Waals surface area contributed by atoms with Gasteiger partial charge in [-0.1, -0.05) is 91.0 Å². The van der Waals surface area contributed by atoms with Gasteiger partial charge < -0.3 is 60.6 Å². The highest BCUT2D eigenvalue weighted by atomic mass is 19.1. The number of rotatable bonds is 32. The number of nitrogens with zero attached hydrogens (tertiary/aromatic N) is 2. The van der Waals surface area contributed by atoms with Crippen LogP contribution in [0.5, 0.6) is 0 Å². The summed E-state index contributed by atoms with van der Waals surface area (Å²) in [6.45, 7) is -2.81. The molecule has 0 unspecified atom stereocenters. The molecule has 0 heterocycles. The predicted octanol–water partition coefficient (Wildman–Crippen LogP) is 4.30. The Labute approximate surface area is 484 Å². The third-order valence-corrected chi connectivity index (χ3v) is 12.5. The molecule has 0 aliphatic rings. The van der Waals surface area contributed by atoms with Crippen molar-refractivity contribution in [3.8, 4) is 0 Å². The summed E-state index contributed by atoms with van der Waals surface area (Å²) in [5.74, 6) is -7.70. The van der Waals surface area contributed by atoms with E-state index >= 15 is 0 Å². The van der Waals surface area contributed by atoms with Crippen molar-refractivity contribution in [2.24, 2.45) is 0 Å². The minimum Gasteiger partial charge on any atom is -0.467 e. The Kier molecular flexibility index (Phi) is 27.3. The zero-order valence-electron chi connectivity index (χ0n) is 46.5. The van der Waals surface area contributed by atoms with Crippen molar-refractivity contribution in [3.63, 3.8) is 0 Å². The Bertz CT molecular complexity index is 2800. The fourth-order valence-electron chi connectivity index (χ4n) is 8.15. The van der Waals surface area contributed by atoms with E-state index in [1.807, 2.05) is 12.1 Å². The van der Waals surface area contributed by atoms with E-state index in [-0.39, 0.29) is 89.0 Å². The summed E-state index contributed by atoms with van der Waals surface area (Å²) in [5.41, 5.74) is 2.48. The van der Waals surface area contributed by atoms with Crippen molar-refractivity contribution in [3.05, 3.63) is 178 Å². The lowest BCUT2D eigenvalue weighted by Crippen LogP contribution is -2.50. The van der Waals surface area contributed by atoms with E-state index in [2.05, 4.69) is 31.9 Å². The normalized spacial score (nSPS) is 11.3. The van der Waals surface area contributed by atoms with Gasteiger partial charge in [0, 0.05) is 37.3 Å². The molecule has 5 aromatic carbocycles. The minimum atomic E-state index is -1.27. The van der Waals surface area contributed by atoms with Crippen LogP contribution in [0.1, 0.15) is 68.7 Å². The lowest BCUT2D eigenvalue weighted by molar-refractivity contribution is -0.145. The van der Waals surface area contributed by atoms with Gasteiger partial charge in [0.05, 0.1) is 14.2 Å². The van der Waals surface area contributed by atoms with Crippen LogP contribution >= 0.6 is 0 Å². The van der Waals surface area contributed by atoms with Gasteiger partial charge in [-0.3, -0.25) is 28.8 Å². The fourth-order valence-corrected chi connectivity index (χ4v) is 8.15. The number of methoxy groups -OCH3 is 2. The number of halogens is 2. The average molecular weight is 1160 g/mol. The summed E-state index contributed by atoms with van der Waals surface area (Å²) >= 11 is 0. The highest BCUT2D eigenvalue weighted by molar-refractivity contribution is 6.03. The number of amides is 8. The van der Waals surface area contributed by atoms with Gasteiger partial charge in [0.1, 0.15) is 63.1 Å². The highest BCUT2D eigenvalue weighted by Crippen LogP contribution is 2.14. The van der Waals surface area contributed by atoms with Gasteiger partial charge in [-0.2, -0.15) is 0 Å². The van der Waals surface area contributed by atoms with E-state index in [4.69, 9.17) is 18.9 Å². The second-order valence-electron chi connectivity index (χ2n) is 18.9. The molecule has 0 spiro atoms.